The predicted molar refractivity (Wildman–Crippen MR) is 101 cm³/mol. The normalized spacial score (nSPS) is 29.1. The van der Waals surface area contributed by atoms with E-state index in [0.717, 1.165) is 13.0 Å². The number of fused-ring (bicyclic) bond motifs is 1. The number of hydrazine groups is 1. The van der Waals surface area contributed by atoms with Crippen molar-refractivity contribution < 1.29 is 23.1 Å². The third-order valence-corrected chi connectivity index (χ3v) is 5.60. The van der Waals surface area contributed by atoms with E-state index < -0.39 is 47.8 Å². The van der Waals surface area contributed by atoms with Gasteiger partial charge in [-0.25, -0.2) is 23.6 Å². The molecule has 4 N–H and O–H groups in total. The Hall–Kier alpha value is -1.72. The first-order valence-electron chi connectivity index (χ1n) is 9.64. The van der Waals surface area contributed by atoms with Crippen LogP contribution < -0.4 is 16.1 Å². The van der Waals surface area contributed by atoms with Crippen LogP contribution in [0, 0.1) is 11.7 Å². The van der Waals surface area contributed by atoms with Crippen LogP contribution in [0.15, 0.2) is 18.2 Å². The van der Waals surface area contributed by atoms with Crippen LogP contribution in [0.4, 0.5) is 13.2 Å². The molecule has 0 spiro atoms. The highest BCUT2D eigenvalue weighted by Crippen LogP contribution is 2.36. The molecule has 2 aliphatic rings. The maximum Gasteiger partial charge on any atom is 0.270 e. The van der Waals surface area contributed by atoms with E-state index >= 15 is 0 Å². The van der Waals surface area contributed by atoms with Gasteiger partial charge in [0.15, 0.2) is 0 Å². The molecule has 1 aromatic rings. The molecule has 10 heteroatoms. The van der Waals surface area contributed by atoms with E-state index in [0.29, 0.717) is 6.42 Å². The number of hydrogen-bond donors (Lipinski definition) is 4. The maximum absolute atomic E-state index is 14.8. The molecular weight excluding hydrogens is 387 g/mol. The van der Waals surface area contributed by atoms with Crippen LogP contribution in [0.25, 0.3) is 0 Å². The van der Waals surface area contributed by atoms with Crippen LogP contribution in [-0.4, -0.2) is 60.1 Å². The Morgan fingerprint density at radius 2 is 2.03 bits per heavy atom. The lowest BCUT2D eigenvalue weighted by Gasteiger charge is -2.41. The average Bonchev–Trinajstić information content (AvgIpc) is 3.02. The van der Waals surface area contributed by atoms with Crippen molar-refractivity contribution in [2.75, 3.05) is 20.7 Å². The molecule has 29 heavy (non-hydrogen) atoms. The van der Waals surface area contributed by atoms with Crippen molar-refractivity contribution in [3.05, 3.63) is 35.1 Å². The first-order valence-corrected chi connectivity index (χ1v) is 9.64. The Morgan fingerprint density at radius 1 is 1.34 bits per heavy atom. The van der Waals surface area contributed by atoms with Gasteiger partial charge >= 0.3 is 0 Å². The zero-order valence-electron chi connectivity index (χ0n) is 16.9. The lowest BCUT2D eigenvalue weighted by atomic mass is 9.94. The first-order chi connectivity index (χ1) is 13.6. The molecular formula is C19H28F3N5O2. The number of hydrogen-bond acceptors (Lipinski definition) is 6. The van der Waals surface area contributed by atoms with Crippen LogP contribution in [0.3, 0.4) is 0 Å². The van der Waals surface area contributed by atoms with E-state index in [1.165, 1.54) is 12.1 Å². The number of nitrogens with zero attached hydrogens (tertiary/aromatic N) is 2. The molecule has 2 fully saturated rings. The number of carbonyl (C=O) groups is 1. The Kier molecular flexibility index (Phi) is 6.21. The fourth-order valence-corrected chi connectivity index (χ4v) is 4.04. The lowest BCUT2D eigenvalue weighted by molar-refractivity contribution is -0.133. The molecule has 0 radical (unpaired) electrons. The van der Waals surface area contributed by atoms with Crippen molar-refractivity contribution in [3.63, 3.8) is 0 Å². The second-order valence-electron chi connectivity index (χ2n) is 7.89. The van der Waals surface area contributed by atoms with Crippen molar-refractivity contribution in [3.8, 4) is 0 Å². The van der Waals surface area contributed by atoms with Gasteiger partial charge in [0.2, 0.25) is 5.91 Å². The van der Waals surface area contributed by atoms with Crippen LogP contribution >= 0.6 is 0 Å². The summed E-state index contributed by atoms with van der Waals surface area (Å²) in [6.45, 7) is 2.30. The van der Waals surface area contributed by atoms with Gasteiger partial charge in [0.1, 0.15) is 12.1 Å². The molecule has 162 valence electrons. The Labute approximate surface area is 168 Å². The molecule has 1 amide bonds. The summed E-state index contributed by atoms with van der Waals surface area (Å²) in [7, 11) is 3.60. The number of nitrogens with one attached hydrogen (secondary N) is 3. The minimum atomic E-state index is -3.14. The minimum absolute atomic E-state index is 0.224. The fraction of sp³-hybridized carbons (Fsp3) is 0.632. The summed E-state index contributed by atoms with van der Waals surface area (Å²) in [5.41, 5.74) is 2.98. The van der Waals surface area contributed by atoms with Crippen LogP contribution in [0.2, 0.25) is 0 Å². The van der Waals surface area contributed by atoms with Gasteiger partial charge in [-0.3, -0.25) is 15.0 Å². The first kappa shape index (κ1) is 22.0. The van der Waals surface area contributed by atoms with Gasteiger partial charge in [0.05, 0.1) is 30.8 Å². The second kappa shape index (κ2) is 8.19. The highest BCUT2D eigenvalue weighted by molar-refractivity contribution is 5.81. The third kappa shape index (κ3) is 4.13. The van der Waals surface area contributed by atoms with E-state index in [-0.39, 0.29) is 18.1 Å². The molecule has 0 bridgehead atoms. The molecule has 1 aromatic carbocycles. The highest BCUT2D eigenvalue weighted by atomic mass is 19.3. The zero-order chi connectivity index (χ0) is 21.5. The summed E-state index contributed by atoms with van der Waals surface area (Å²) in [6.07, 6.45) is -0.484. The molecule has 2 aliphatic heterocycles. The van der Waals surface area contributed by atoms with Gasteiger partial charge in [0, 0.05) is 18.1 Å². The summed E-state index contributed by atoms with van der Waals surface area (Å²) in [4.78, 5) is 14.5. The Balaban J connectivity index is 1.95. The van der Waals surface area contributed by atoms with Gasteiger partial charge < -0.3 is 10.4 Å². The number of carbonyl (C=O) groups excluding carboxylic acids is 1. The molecule has 3 rings (SSSR count). The Bertz CT molecular complexity index is 758. The van der Waals surface area contributed by atoms with E-state index in [1.807, 2.05) is 6.92 Å². The van der Waals surface area contributed by atoms with Gasteiger partial charge in [-0.05, 0) is 26.6 Å². The summed E-state index contributed by atoms with van der Waals surface area (Å²) in [5.74, 6) is -4.68. The molecule has 0 aliphatic carbocycles. The van der Waals surface area contributed by atoms with Gasteiger partial charge in [-0.2, -0.15) is 0 Å². The number of rotatable bonds is 6. The van der Waals surface area contributed by atoms with Crippen LogP contribution in [0.5, 0.6) is 0 Å². The lowest BCUT2D eigenvalue weighted by Crippen LogP contribution is -2.68. The average molecular weight is 415 g/mol. The molecule has 2 heterocycles. The van der Waals surface area contributed by atoms with E-state index in [2.05, 4.69) is 16.1 Å². The van der Waals surface area contributed by atoms with Crippen molar-refractivity contribution in [2.24, 2.45) is 5.92 Å². The summed E-state index contributed by atoms with van der Waals surface area (Å²) in [5, 5.41) is 17.6. The second-order valence-corrected chi connectivity index (χ2v) is 7.89. The fourth-order valence-electron chi connectivity index (χ4n) is 4.04. The highest BCUT2D eigenvalue weighted by Gasteiger charge is 2.51. The predicted octanol–water partition coefficient (Wildman–Crippen LogP) is 1.08. The zero-order valence-corrected chi connectivity index (χ0v) is 16.9. The van der Waals surface area contributed by atoms with E-state index in [4.69, 9.17) is 0 Å². The molecule has 2 saturated heterocycles. The SMILES string of the molecule is CCC(c1ccc(C(C)(F)F)cc1F)N1NC(CO)C2C(=O)NC(N(C)C)NC21. The van der Waals surface area contributed by atoms with E-state index in [9.17, 15) is 23.1 Å². The smallest absolute Gasteiger partial charge is 0.270 e. The van der Waals surface area contributed by atoms with Gasteiger partial charge in [0.25, 0.3) is 5.92 Å². The third-order valence-electron chi connectivity index (χ3n) is 5.60. The van der Waals surface area contributed by atoms with Crippen LogP contribution in [0.1, 0.15) is 37.4 Å². The molecule has 0 aromatic heterocycles. The monoisotopic (exact) mass is 415 g/mol. The number of aliphatic hydroxyl groups excluding tert-OH is 1. The largest absolute Gasteiger partial charge is 0.395 e. The van der Waals surface area contributed by atoms with Crippen molar-refractivity contribution in [1.82, 2.24) is 26.0 Å². The topological polar surface area (TPSA) is 79.9 Å². The van der Waals surface area contributed by atoms with E-state index in [1.54, 1.807) is 24.0 Å². The number of alkyl halides is 2. The van der Waals surface area contributed by atoms with Gasteiger partial charge in [-0.1, -0.05) is 19.1 Å². The number of benzene rings is 1. The molecule has 5 unspecified atom stereocenters. The summed E-state index contributed by atoms with van der Waals surface area (Å²) < 4.78 is 41.9. The molecule has 7 nitrogen and oxygen atoms in total. The van der Waals surface area contributed by atoms with Crippen molar-refractivity contribution in [2.45, 2.75) is 50.7 Å². The molecule has 0 saturated carbocycles. The van der Waals surface area contributed by atoms with Gasteiger partial charge in [-0.15, -0.1) is 0 Å². The maximum atomic E-state index is 14.8. The molecule has 5 atom stereocenters. The van der Waals surface area contributed by atoms with Crippen LogP contribution in [-0.2, 0) is 10.7 Å². The van der Waals surface area contributed by atoms with Crippen molar-refractivity contribution >= 4 is 5.91 Å². The quantitative estimate of drug-likeness (QED) is 0.557. The number of aliphatic hydroxyl groups is 1. The summed E-state index contributed by atoms with van der Waals surface area (Å²) >= 11 is 0. The number of amides is 1. The summed E-state index contributed by atoms with van der Waals surface area (Å²) in [6, 6.07) is 2.37. The minimum Gasteiger partial charge on any atom is -0.395 e. The van der Waals surface area contributed by atoms with Crippen molar-refractivity contribution in [1.29, 1.82) is 0 Å². The number of halogens is 3. The standard InChI is InChI=1S/C19H28F3N5O2/c1-5-14(11-7-6-10(8-12(11)20)19(2,21)22)27-16-15(13(9-28)25-27)17(29)24-18(23-16)26(3)4/h6-8,13-16,18,23,25,28H,5,9H2,1-4H3,(H,24,29). The Morgan fingerprint density at radius 3 is 2.55 bits per heavy atom.